The van der Waals surface area contributed by atoms with Gasteiger partial charge in [-0.1, -0.05) is 41.9 Å². The molecule has 3 aromatic rings. The van der Waals surface area contributed by atoms with Gasteiger partial charge in [0.1, 0.15) is 10.8 Å². The Kier molecular flexibility index (Phi) is 8.38. The number of halogens is 1. The number of carbonyl (C=O) groups is 2. The van der Waals surface area contributed by atoms with Crippen LogP contribution in [0.5, 0.6) is 11.5 Å². The molecule has 0 spiro atoms. The van der Waals surface area contributed by atoms with Crippen molar-refractivity contribution in [3.05, 3.63) is 64.5 Å². The molecule has 2 heterocycles. The summed E-state index contributed by atoms with van der Waals surface area (Å²) in [6.45, 7) is 0.599. The number of rotatable bonds is 10. The van der Waals surface area contributed by atoms with Crippen LogP contribution in [0.3, 0.4) is 0 Å². The van der Waals surface area contributed by atoms with E-state index in [1.54, 1.807) is 54.6 Å². The lowest BCUT2D eigenvalue weighted by molar-refractivity contribution is -0.139. The van der Waals surface area contributed by atoms with Gasteiger partial charge >= 0.3 is 11.9 Å². The van der Waals surface area contributed by atoms with E-state index in [4.69, 9.17) is 26.2 Å². The van der Waals surface area contributed by atoms with E-state index in [-0.39, 0.29) is 32.2 Å². The molecule has 2 aromatic carbocycles. The van der Waals surface area contributed by atoms with Crippen molar-refractivity contribution in [1.82, 2.24) is 5.32 Å². The average Bonchev–Trinajstić information content (AvgIpc) is 3.23. The van der Waals surface area contributed by atoms with E-state index in [9.17, 15) is 23.1 Å². The number of hydrogen-bond acceptors (Lipinski definition) is 8. The van der Waals surface area contributed by atoms with Crippen molar-refractivity contribution < 1.29 is 37.7 Å². The predicted molar refractivity (Wildman–Crippen MR) is 138 cm³/mol. The zero-order valence-corrected chi connectivity index (χ0v) is 21.8. The minimum atomic E-state index is -3.84. The van der Waals surface area contributed by atoms with Gasteiger partial charge in [0.15, 0.2) is 17.2 Å². The average molecular weight is 566 g/mol. The molecule has 1 unspecified atom stereocenters. The molecule has 1 atom stereocenters. The predicted octanol–water partition coefficient (Wildman–Crippen LogP) is 4.41. The summed E-state index contributed by atoms with van der Waals surface area (Å²) in [6.07, 6.45) is 1.25. The Bertz CT molecular complexity index is 1380. The summed E-state index contributed by atoms with van der Waals surface area (Å²) in [4.78, 5) is 22.9. The van der Waals surface area contributed by atoms with Gasteiger partial charge in [-0.3, -0.25) is 0 Å². The summed E-state index contributed by atoms with van der Waals surface area (Å²) in [6, 6.07) is 14.7. The Morgan fingerprint density at radius 2 is 1.78 bits per heavy atom. The molecule has 0 saturated carbocycles. The van der Waals surface area contributed by atoms with E-state index >= 15 is 0 Å². The van der Waals surface area contributed by atoms with Crippen LogP contribution in [0, 0.1) is 5.92 Å². The van der Waals surface area contributed by atoms with Gasteiger partial charge in [-0.05, 0) is 55.8 Å². The topological polar surface area (TPSA) is 139 Å². The number of nitrogens with one attached hydrogen (secondary N) is 1. The number of aliphatic carboxylic acids is 1. The van der Waals surface area contributed by atoms with Crippen molar-refractivity contribution in [1.29, 1.82) is 0 Å². The second-order valence-electron chi connectivity index (χ2n) is 8.35. The summed E-state index contributed by atoms with van der Waals surface area (Å²) >= 11 is 7.24. The Morgan fingerprint density at radius 3 is 2.43 bits per heavy atom. The zero-order chi connectivity index (χ0) is 26.6. The van der Waals surface area contributed by atoms with Crippen LogP contribution in [0.4, 0.5) is 0 Å². The van der Waals surface area contributed by atoms with E-state index in [0.717, 1.165) is 11.3 Å². The van der Waals surface area contributed by atoms with E-state index in [1.165, 1.54) is 0 Å². The second kappa shape index (κ2) is 11.5. The Balaban J connectivity index is 1.70. The maximum atomic E-state index is 13.6. The standard InChI is InChI=1S/C25H24ClNO8S2/c26-20-21(34-14-19(28)29)23(24(30)31)36-22(20)16-5-4-6-17(13-16)35-25(15-9-11-27-12-10-15)37(32,33)18-7-2-1-3-8-18/h1-8,13,15,25,27H,9-12,14H2,(H,28,29)(H,30,31). The molecule has 196 valence electrons. The number of hydrogen-bond donors (Lipinski definition) is 3. The first-order valence-electron chi connectivity index (χ1n) is 11.4. The number of sulfone groups is 1. The van der Waals surface area contributed by atoms with Crippen LogP contribution in [0.25, 0.3) is 10.4 Å². The fourth-order valence-electron chi connectivity index (χ4n) is 4.10. The minimum Gasteiger partial charge on any atom is -0.479 e. The van der Waals surface area contributed by atoms with E-state index in [2.05, 4.69) is 5.32 Å². The summed E-state index contributed by atoms with van der Waals surface area (Å²) in [5, 5.41) is 21.7. The normalized spacial score (nSPS) is 15.2. The molecule has 1 aliphatic heterocycles. The highest BCUT2D eigenvalue weighted by atomic mass is 35.5. The Morgan fingerprint density at radius 1 is 1.08 bits per heavy atom. The fourth-order valence-corrected chi connectivity index (χ4v) is 7.33. The Labute approximate surface area is 222 Å². The SMILES string of the molecule is O=C(O)COc1c(C(=O)O)sc(-c2cccc(OC(C3CCNCC3)S(=O)(=O)c3ccccc3)c2)c1Cl. The van der Waals surface area contributed by atoms with E-state index in [1.807, 2.05) is 0 Å². The molecule has 0 amide bonds. The number of thiophene rings is 1. The Hall–Kier alpha value is -3.12. The van der Waals surface area contributed by atoms with Gasteiger partial charge in [0.2, 0.25) is 15.3 Å². The summed E-state index contributed by atoms with van der Waals surface area (Å²) < 4.78 is 38.5. The number of aromatic carboxylic acids is 1. The lowest BCUT2D eigenvalue weighted by atomic mass is 9.99. The van der Waals surface area contributed by atoms with Gasteiger partial charge in [0.25, 0.3) is 0 Å². The molecule has 12 heteroatoms. The third-order valence-electron chi connectivity index (χ3n) is 5.84. The molecule has 0 aliphatic carbocycles. The molecule has 4 rings (SSSR count). The van der Waals surface area contributed by atoms with Crippen LogP contribution in [0.15, 0.2) is 59.5 Å². The van der Waals surface area contributed by atoms with Crippen LogP contribution in [-0.2, 0) is 14.6 Å². The van der Waals surface area contributed by atoms with Gasteiger partial charge in [-0.2, -0.15) is 0 Å². The largest absolute Gasteiger partial charge is 0.479 e. The summed E-state index contributed by atoms with van der Waals surface area (Å²) in [7, 11) is -3.84. The van der Waals surface area contributed by atoms with Gasteiger partial charge < -0.3 is 25.0 Å². The fraction of sp³-hybridized carbons (Fsp3) is 0.280. The van der Waals surface area contributed by atoms with Crippen LogP contribution in [-0.4, -0.2) is 55.7 Å². The van der Waals surface area contributed by atoms with Gasteiger partial charge in [0.05, 0.1) is 9.77 Å². The molecule has 0 radical (unpaired) electrons. The van der Waals surface area contributed by atoms with Crippen molar-refractivity contribution in [2.75, 3.05) is 19.7 Å². The molecular formula is C25H24ClNO8S2. The van der Waals surface area contributed by atoms with Gasteiger partial charge in [-0.15, -0.1) is 11.3 Å². The first kappa shape index (κ1) is 26.9. The smallest absolute Gasteiger partial charge is 0.349 e. The lowest BCUT2D eigenvalue weighted by Crippen LogP contribution is -2.41. The molecule has 1 aromatic heterocycles. The molecule has 9 nitrogen and oxygen atoms in total. The van der Waals surface area contributed by atoms with E-state index < -0.39 is 33.8 Å². The first-order valence-corrected chi connectivity index (χ1v) is 14.1. The number of ether oxygens (including phenoxy) is 2. The highest BCUT2D eigenvalue weighted by molar-refractivity contribution is 7.92. The third kappa shape index (κ3) is 6.07. The number of piperidine rings is 1. The van der Waals surface area contributed by atoms with Crippen LogP contribution < -0.4 is 14.8 Å². The molecule has 0 bridgehead atoms. The molecular weight excluding hydrogens is 542 g/mol. The third-order valence-corrected chi connectivity index (χ3v) is 9.54. The molecule has 1 fully saturated rings. The van der Waals surface area contributed by atoms with Gasteiger partial charge in [0, 0.05) is 5.92 Å². The number of benzene rings is 2. The monoisotopic (exact) mass is 565 g/mol. The van der Waals surface area contributed by atoms with Crippen molar-refractivity contribution >= 4 is 44.7 Å². The highest BCUT2D eigenvalue weighted by Crippen LogP contribution is 2.46. The number of carboxylic acids is 2. The van der Waals surface area contributed by atoms with Crippen LogP contribution in [0.1, 0.15) is 22.5 Å². The molecule has 3 N–H and O–H groups in total. The second-order valence-corrected chi connectivity index (χ2v) is 11.8. The molecule has 1 saturated heterocycles. The summed E-state index contributed by atoms with van der Waals surface area (Å²) in [5.74, 6) is -2.79. The first-order chi connectivity index (χ1) is 17.7. The van der Waals surface area contributed by atoms with Crippen LogP contribution >= 0.6 is 22.9 Å². The maximum Gasteiger partial charge on any atom is 0.349 e. The minimum absolute atomic E-state index is 0.0485. The lowest BCUT2D eigenvalue weighted by Gasteiger charge is -2.31. The highest BCUT2D eigenvalue weighted by Gasteiger charge is 2.37. The van der Waals surface area contributed by atoms with Crippen molar-refractivity contribution in [2.24, 2.45) is 5.92 Å². The van der Waals surface area contributed by atoms with Crippen molar-refractivity contribution in [3.8, 4) is 21.9 Å². The van der Waals surface area contributed by atoms with Gasteiger partial charge in [-0.25, -0.2) is 18.0 Å². The maximum absolute atomic E-state index is 13.6. The molecule has 37 heavy (non-hydrogen) atoms. The summed E-state index contributed by atoms with van der Waals surface area (Å²) in [5.41, 5.74) is -0.656. The van der Waals surface area contributed by atoms with Crippen molar-refractivity contribution in [3.63, 3.8) is 0 Å². The quantitative estimate of drug-likeness (QED) is 0.326. The van der Waals surface area contributed by atoms with Crippen molar-refractivity contribution in [2.45, 2.75) is 23.2 Å². The van der Waals surface area contributed by atoms with E-state index in [0.29, 0.717) is 36.4 Å². The van der Waals surface area contributed by atoms with Crippen LogP contribution in [0.2, 0.25) is 5.02 Å². The number of carboxylic acid groups (broad SMARTS) is 2. The molecule has 1 aliphatic rings. The zero-order valence-electron chi connectivity index (χ0n) is 19.4.